The average Bonchev–Trinajstić information content (AvgIpc) is 2.64. The minimum Gasteiger partial charge on any atom is -0.492 e. The Morgan fingerprint density at radius 1 is 1.35 bits per heavy atom. The van der Waals surface area contributed by atoms with Crippen LogP contribution < -0.4 is 14.8 Å². The summed E-state index contributed by atoms with van der Waals surface area (Å²) in [5.74, 6) is 1.89. The van der Waals surface area contributed by atoms with Gasteiger partial charge in [0.25, 0.3) is 0 Å². The number of piperidine rings is 1. The summed E-state index contributed by atoms with van der Waals surface area (Å²) in [6, 6.07) is 9.03. The Hall–Kier alpha value is -2.83. The van der Waals surface area contributed by atoms with Crippen LogP contribution in [-0.4, -0.2) is 46.7 Å². The fourth-order valence-electron chi connectivity index (χ4n) is 2.94. The number of amides is 2. The fraction of sp³-hybridized carbons (Fsp3) is 0.421. The van der Waals surface area contributed by atoms with Crippen LogP contribution in [0.4, 0.5) is 10.5 Å². The molecule has 7 heteroatoms. The molecule has 2 amide bonds. The van der Waals surface area contributed by atoms with Crippen molar-refractivity contribution in [1.82, 2.24) is 14.9 Å². The number of nitrogens with one attached hydrogen (secondary N) is 1. The highest BCUT2D eigenvalue weighted by Crippen LogP contribution is 2.25. The topological polar surface area (TPSA) is 76.6 Å². The van der Waals surface area contributed by atoms with Gasteiger partial charge >= 0.3 is 6.03 Å². The quantitative estimate of drug-likeness (QED) is 0.890. The Kier molecular flexibility index (Phi) is 5.88. The molecule has 1 saturated heterocycles. The first-order valence-corrected chi connectivity index (χ1v) is 8.89. The third-order valence-corrected chi connectivity index (χ3v) is 4.13. The molecular formula is C19H24N4O3. The molecule has 0 bridgehead atoms. The lowest BCUT2D eigenvalue weighted by atomic mass is 10.1. The smallest absolute Gasteiger partial charge is 0.322 e. The van der Waals surface area contributed by atoms with E-state index in [9.17, 15) is 4.79 Å². The van der Waals surface area contributed by atoms with Gasteiger partial charge in [0, 0.05) is 18.8 Å². The van der Waals surface area contributed by atoms with Crippen molar-refractivity contribution in [2.24, 2.45) is 0 Å². The summed E-state index contributed by atoms with van der Waals surface area (Å²) < 4.78 is 11.5. The lowest BCUT2D eigenvalue weighted by molar-refractivity contribution is 0.102. The highest BCUT2D eigenvalue weighted by atomic mass is 16.5. The molecular weight excluding hydrogens is 332 g/mol. The molecule has 1 atom stereocenters. The number of aromatic nitrogens is 2. The summed E-state index contributed by atoms with van der Waals surface area (Å²) in [7, 11) is 0. The minimum absolute atomic E-state index is 0.0778. The van der Waals surface area contributed by atoms with E-state index < -0.39 is 0 Å². The van der Waals surface area contributed by atoms with Gasteiger partial charge in [0.2, 0.25) is 5.88 Å². The molecule has 7 nitrogen and oxygen atoms in total. The number of nitrogens with zero attached hydrogens (tertiary/aromatic N) is 3. The first-order chi connectivity index (χ1) is 12.7. The lowest BCUT2D eigenvalue weighted by Gasteiger charge is -2.32. The summed E-state index contributed by atoms with van der Waals surface area (Å²) in [5.41, 5.74) is 0.675. The van der Waals surface area contributed by atoms with Crippen molar-refractivity contribution in [3.05, 3.63) is 42.4 Å². The third kappa shape index (κ3) is 4.62. The van der Waals surface area contributed by atoms with Crippen molar-refractivity contribution < 1.29 is 14.3 Å². The molecule has 3 rings (SSSR count). The van der Waals surface area contributed by atoms with E-state index >= 15 is 0 Å². The van der Waals surface area contributed by atoms with Gasteiger partial charge in [-0.3, -0.25) is 0 Å². The molecule has 2 aromatic rings. The van der Waals surface area contributed by atoms with Crippen LogP contribution in [0.25, 0.3) is 0 Å². The van der Waals surface area contributed by atoms with E-state index in [1.54, 1.807) is 17.2 Å². The van der Waals surface area contributed by atoms with Crippen LogP contribution in [-0.2, 0) is 0 Å². The first-order valence-electron chi connectivity index (χ1n) is 8.89. The van der Waals surface area contributed by atoms with E-state index in [1.807, 2.05) is 38.1 Å². The van der Waals surface area contributed by atoms with Gasteiger partial charge in [0.15, 0.2) is 0 Å². The van der Waals surface area contributed by atoms with Crippen LogP contribution in [0.1, 0.15) is 25.6 Å². The van der Waals surface area contributed by atoms with Crippen molar-refractivity contribution in [1.29, 1.82) is 0 Å². The molecule has 1 aromatic heterocycles. The number of ether oxygens (including phenoxy) is 2. The van der Waals surface area contributed by atoms with E-state index in [0.717, 1.165) is 12.8 Å². The maximum absolute atomic E-state index is 12.7. The number of urea groups is 1. The maximum atomic E-state index is 12.7. The summed E-state index contributed by atoms with van der Waals surface area (Å²) >= 11 is 0. The summed E-state index contributed by atoms with van der Waals surface area (Å²) in [6.07, 6.45) is 3.37. The molecule has 1 aliphatic rings. The van der Waals surface area contributed by atoms with Crippen LogP contribution in [0.2, 0.25) is 0 Å². The summed E-state index contributed by atoms with van der Waals surface area (Å²) in [5, 5.41) is 2.94. The number of likely N-dealkylation sites (tertiary alicyclic amines) is 1. The second-order valence-corrected chi connectivity index (χ2v) is 6.13. The number of benzene rings is 1. The largest absolute Gasteiger partial charge is 0.492 e. The number of para-hydroxylation sites is 2. The third-order valence-electron chi connectivity index (χ3n) is 4.13. The molecule has 1 fully saturated rings. The van der Waals surface area contributed by atoms with Crippen LogP contribution in [0.15, 0.2) is 36.5 Å². The number of anilines is 1. The van der Waals surface area contributed by atoms with Gasteiger partial charge in [-0.25, -0.2) is 9.78 Å². The van der Waals surface area contributed by atoms with Crippen molar-refractivity contribution >= 4 is 11.7 Å². The molecule has 0 radical (unpaired) electrons. The SMILES string of the molecule is CCOc1ccccc1NC(=O)N1CCCC(Oc2ccnc(C)n2)C1. The van der Waals surface area contributed by atoms with E-state index in [-0.39, 0.29) is 12.1 Å². The van der Waals surface area contributed by atoms with Gasteiger partial charge in [-0.2, -0.15) is 4.98 Å². The number of aryl methyl sites for hydroxylation is 1. The van der Waals surface area contributed by atoms with Crippen molar-refractivity contribution in [2.75, 3.05) is 25.0 Å². The van der Waals surface area contributed by atoms with Crippen LogP contribution in [0.3, 0.4) is 0 Å². The molecule has 1 N–H and O–H groups in total. The second-order valence-electron chi connectivity index (χ2n) is 6.13. The predicted octanol–water partition coefficient (Wildman–Crippen LogP) is 3.26. The molecule has 1 aromatic carbocycles. The zero-order chi connectivity index (χ0) is 18.4. The summed E-state index contributed by atoms with van der Waals surface area (Å²) in [4.78, 5) is 22.8. The number of hydrogen-bond acceptors (Lipinski definition) is 5. The van der Waals surface area contributed by atoms with Crippen molar-refractivity contribution in [3.63, 3.8) is 0 Å². The van der Waals surface area contributed by atoms with E-state index in [4.69, 9.17) is 9.47 Å². The minimum atomic E-state index is -0.149. The molecule has 2 heterocycles. The zero-order valence-electron chi connectivity index (χ0n) is 15.1. The van der Waals surface area contributed by atoms with Gasteiger partial charge in [0.1, 0.15) is 17.7 Å². The Morgan fingerprint density at radius 2 is 2.19 bits per heavy atom. The van der Waals surface area contributed by atoms with E-state index in [2.05, 4.69) is 15.3 Å². The van der Waals surface area contributed by atoms with Crippen LogP contribution >= 0.6 is 0 Å². The Balaban J connectivity index is 1.61. The van der Waals surface area contributed by atoms with Gasteiger partial charge in [-0.15, -0.1) is 0 Å². The number of carbonyl (C=O) groups excluding carboxylic acids is 1. The Morgan fingerprint density at radius 3 is 3.00 bits per heavy atom. The maximum Gasteiger partial charge on any atom is 0.322 e. The van der Waals surface area contributed by atoms with Gasteiger partial charge < -0.3 is 19.7 Å². The molecule has 26 heavy (non-hydrogen) atoms. The van der Waals surface area contributed by atoms with Gasteiger partial charge in [-0.1, -0.05) is 12.1 Å². The highest BCUT2D eigenvalue weighted by molar-refractivity contribution is 5.91. The normalized spacial score (nSPS) is 16.8. The molecule has 0 saturated carbocycles. The zero-order valence-corrected chi connectivity index (χ0v) is 15.1. The van der Waals surface area contributed by atoms with Crippen molar-refractivity contribution in [3.8, 4) is 11.6 Å². The molecule has 1 aliphatic heterocycles. The molecule has 1 unspecified atom stereocenters. The predicted molar refractivity (Wildman–Crippen MR) is 98.6 cm³/mol. The Labute approximate surface area is 153 Å². The van der Waals surface area contributed by atoms with Gasteiger partial charge in [-0.05, 0) is 38.8 Å². The van der Waals surface area contributed by atoms with Crippen LogP contribution in [0.5, 0.6) is 11.6 Å². The monoisotopic (exact) mass is 356 g/mol. The standard InChI is InChI=1S/C19H24N4O3/c1-3-25-17-9-5-4-8-16(17)22-19(24)23-12-6-7-15(13-23)26-18-10-11-20-14(2)21-18/h4-5,8-11,15H,3,6-7,12-13H2,1-2H3,(H,22,24). The Bertz CT molecular complexity index is 753. The number of hydrogen-bond donors (Lipinski definition) is 1. The van der Waals surface area contributed by atoms with Gasteiger partial charge in [0.05, 0.1) is 18.8 Å². The number of carbonyl (C=O) groups is 1. The van der Waals surface area contributed by atoms with Crippen LogP contribution in [0, 0.1) is 6.92 Å². The first kappa shape index (κ1) is 18.0. The summed E-state index contributed by atoms with van der Waals surface area (Å²) in [6.45, 7) is 5.51. The van der Waals surface area contributed by atoms with E-state index in [0.29, 0.717) is 42.8 Å². The van der Waals surface area contributed by atoms with Crippen molar-refractivity contribution in [2.45, 2.75) is 32.8 Å². The number of rotatable bonds is 5. The fourth-order valence-corrected chi connectivity index (χ4v) is 2.94. The van der Waals surface area contributed by atoms with E-state index in [1.165, 1.54) is 0 Å². The lowest BCUT2D eigenvalue weighted by Crippen LogP contribution is -2.46. The molecule has 0 spiro atoms. The second kappa shape index (κ2) is 8.51. The highest BCUT2D eigenvalue weighted by Gasteiger charge is 2.25. The molecule has 0 aliphatic carbocycles. The average molecular weight is 356 g/mol. The molecule has 138 valence electrons.